The maximum Gasteiger partial charge on any atom is 0.227 e. The Morgan fingerprint density at radius 2 is 2.11 bits per heavy atom. The van der Waals surface area contributed by atoms with Crippen LogP contribution < -0.4 is 10.0 Å². The lowest BCUT2D eigenvalue weighted by molar-refractivity contribution is -0.117. The maximum absolute atomic E-state index is 11.9. The Kier molecular flexibility index (Phi) is 3.51. The van der Waals surface area contributed by atoms with Crippen molar-refractivity contribution in [3.8, 4) is 5.75 Å². The first-order valence-electron chi connectivity index (χ1n) is 5.86. The number of nitrogens with two attached hydrogens (primary N) is 1. The minimum atomic E-state index is -3.58. The highest BCUT2D eigenvalue weighted by atomic mass is 32.2. The molecule has 1 aromatic rings. The van der Waals surface area contributed by atoms with Crippen LogP contribution in [-0.4, -0.2) is 31.7 Å². The van der Waals surface area contributed by atoms with Gasteiger partial charge in [-0.1, -0.05) is 0 Å². The summed E-state index contributed by atoms with van der Waals surface area (Å²) in [6.45, 7) is 2.11. The molecule has 3 N–H and O–H groups in total. The number of sulfonamides is 1. The Balaban J connectivity index is 2.20. The lowest BCUT2D eigenvalue weighted by atomic mass is 10.1. The molecule has 7 heteroatoms. The molecule has 1 aliphatic rings. The summed E-state index contributed by atoms with van der Waals surface area (Å²) in [5, 5.41) is 14.5. The SMILES string of the molecule is Cc1cc(O)cc(N2CC(CS(N)(=O)=O)CC2=O)c1. The van der Waals surface area contributed by atoms with E-state index >= 15 is 0 Å². The molecule has 0 bridgehead atoms. The zero-order chi connectivity index (χ0) is 14.2. The number of anilines is 1. The summed E-state index contributed by atoms with van der Waals surface area (Å²) in [4.78, 5) is 13.4. The molecule has 1 aliphatic heterocycles. The number of carbonyl (C=O) groups excluding carboxylic acids is 1. The molecule has 1 atom stereocenters. The molecular formula is C12H16N2O4S. The van der Waals surface area contributed by atoms with Gasteiger partial charge in [0.2, 0.25) is 15.9 Å². The van der Waals surface area contributed by atoms with Crippen LogP contribution in [0.3, 0.4) is 0 Å². The Labute approximate surface area is 111 Å². The highest BCUT2D eigenvalue weighted by molar-refractivity contribution is 7.89. The summed E-state index contributed by atoms with van der Waals surface area (Å²) in [7, 11) is -3.58. The van der Waals surface area contributed by atoms with Crippen molar-refractivity contribution in [3.63, 3.8) is 0 Å². The molecule has 104 valence electrons. The molecule has 1 amide bonds. The Morgan fingerprint density at radius 1 is 1.42 bits per heavy atom. The van der Waals surface area contributed by atoms with Crippen molar-refractivity contribution in [1.29, 1.82) is 0 Å². The number of aryl methyl sites for hydroxylation is 1. The molecule has 1 fully saturated rings. The summed E-state index contributed by atoms with van der Waals surface area (Å²) in [6.07, 6.45) is 0.158. The van der Waals surface area contributed by atoms with E-state index in [0.29, 0.717) is 12.2 Å². The van der Waals surface area contributed by atoms with Crippen molar-refractivity contribution in [3.05, 3.63) is 23.8 Å². The quantitative estimate of drug-likeness (QED) is 0.835. The van der Waals surface area contributed by atoms with E-state index in [1.54, 1.807) is 12.1 Å². The minimum absolute atomic E-state index is 0.0812. The zero-order valence-electron chi connectivity index (χ0n) is 10.5. The highest BCUT2D eigenvalue weighted by Gasteiger charge is 2.32. The van der Waals surface area contributed by atoms with E-state index in [0.717, 1.165) is 5.56 Å². The molecule has 1 unspecified atom stereocenters. The molecule has 0 aromatic heterocycles. The van der Waals surface area contributed by atoms with E-state index in [1.165, 1.54) is 11.0 Å². The van der Waals surface area contributed by atoms with Gasteiger partial charge in [0.05, 0.1) is 5.75 Å². The predicted octanol–water partition coefficient (Wildman–Crippen LogP) is 0.342. The van der Waals surface area contributed by atoms with E-state index in [4.69, 9.17) is 5.14 Å². The van der Waals surface area contributed by atoms with Crippen molar-refractivity contribution in [1.82, 2.24) is 0 Å². The smallest absolute Gasteiger partial charge is 0.227 e. The zero-order valence-corrected chi connectivity index (χ0v) is 11.4. The third kappa shape index (κ3) is 3.45. The molecule has 19 heavy (non-hydrogen) atoms. The van der Waals surface area contributed by atoms with Crippen molar-refractivity contribution < 1.29 is 18.3 Å². The maximum atomic E-state index is 11.9. The number of rotatable bonds is 3. The fraction of sp³-hybridized carbons (Fsp3) is 0.417. The molecule has 6 nitrogen and oxygen atoms in total. The molecule has 0 spiro atoms. The van der Waals surface area contributed by atoms with Gasteiger partial charge < -0.3 is 10.0 Å². The molecular weight excluding hydrogens is 268 g/mol. The van der Waals surface area contributed by atoms with E-state index in [2.05, 4.69) is 0 Å². The number of nitrogens with zero attached hydrogens (tertiary/aromatic N) is 1. The first kappa shape index (κ1) is 13.8. The number of carbonyl (C=O) groups is 1. The number of primary sulfonamides is 1. The van der Waals surface area contributed by atoms with Gasteiger partial charge in [-0.3, -0.25) is 4.79 Å². The van der Waals surface area contributed by atoms with Crippen LogP contribution in [0, 0.1) is 12.8 Å². The van der Waals surface area contributed by atoms with Crippen LogP contribution in [0.4, 0.5) is 5.69 Å². The van der Waals surface area contributed by atoms with Crippen molar-refractivity contribution in [2.24, 2.45) is 11.1 Å². The van der Waals surface area contributed by atoms with E-state index in [9.17, 15) is 18.3 Å². The van der Waals surface area contributed by atoms with Crippen LogP contribution >= 0.6 is 0 Å². The van der Waals surface area contributed by atoms with Crippen molar-refractivity contribution in [2.45, 2.75) is 13.3 Å². The summed E-state index contributed by atoms with van der Waals surface area (Å²) >= 11 is 0. The number of phenolic OH excluding ortho intramolecular Hbond substituents is 1. The standard InChI is InChI=1S/C12H16N2O4S/c1-8-2-10(5-11(15)3-8)14-6-9(4-12(14)16)7-19(13,17)18/h2-3,5,9,15H,4,6-7H2,1H3,(H2,13,17,18). The summed E-state index contributed by atoms with van der Waals surface area (Å²) < 4.78 is 22.1. The van der Waals surface area contributed by atoms with Gasteiger partial charge in [-0.05, 0) is 24.6 Å². The minimum Gasteiger partial charge on any atom is -0.508 e. The van der Waals surface area contributed by atoms with Crippen LogP contribution in [0.1, 0.15) is 12.0 Å². The second kappa shape index (κ2) is 4.82. The van der Waals surface area contributed by atoms with Crippen LogP contribution in [0.15, 0.2) is 18.2 Å². The Morgan fingerprint density at radius 3 is 2.68 bits per heavy atom. The highest BCUT2D eigenvalue weighted by Crippen LogP contribution is 2.29. The summed E-state index contributed by atoms with van der Waals surface area (Å²) in [6, 6.07) is 4.85. The van der Waals surface area contributed by atoms with Crippen molar-refractivity contribution >= 4 is 21.6 Å². The Bertz CT molecular complexity index is 592. The number of hydrogen-bond acceptors (Lipinski definition) is 4. The van der Waals surface area contributed by atoms with E-state index < -0.39 is 10.0 Å². The average molecular weight is 284 g/mol. The Hall–Kier alpha value is -1.60. The predicted molar refractivity (Wildman–Crippen MR) is 71.3 cm³/mol. The first-order valence-corrected chi connectivity index (χ1v) is 7.57. The topological polar surface area (TPSA) is 101 Å². The molecule has 0 saturated carbocycles. The normalized spacial score (nSPS) is 20.0. The molecule has 1 aromatic carbocycles. The van der Waals surface area contributed by atoms with Crippen LogP contribution in [-0.2, 0) is 14.8 Å². The molecule has 2 rings (SSSR count). The molecule has 1 heterocycles. The van der Waals surface area contributed by atoms with Crippen molar-refractivity contribution in [2.75, 3.05) is 17.2 Å². The summed E-state index contributed by atoms with van der Waals surface area (Å²) in [5.74, 6) is -0.575. The van der Waals surface area contributed by atoms with E-state index in [-0.39, 0.29) is 29.7 Å². The largest absolute Gasteiger partial charge is 0.508 e. The lowest BCUT2D eigenvalue weighted by Gasteiger charge is -2.17. The van der Waals surface area contributed by atoms with Crippen LogP contribution in [0.25, 0.3) is 0 Å². The number of benzene rings is 1. The van der Waals surface area contributed by atoms with Gasteiger partial charge in [0.1, 0.15) is 5.75 Å². The number of hydrogen-bond donors (Lipinski definition) is 2. The van der Waals surface area contributed by atoms with E-state index in [1.807, 2.05) is 6.92 Å². The second-order valence-corrected chi connectivity index (χ2v) is 6.59. The lowest BCUT2D eigenvalue weighted by Crippen LogP contribution is -2.27. The first-order chi connectivity index (χ1) is 8.74. The molecule has 0 aliphatic carbocycles. The summed E-state index contributed by atoms with van der Waals surface area (Å²) in [5.41, 5.74) is 1.41. The molecule has 0 radical (unpaired) electrons. The number of amides is 1. The van der Waals surface area contributed by atoms with Gasteiger partial charge in [0.25, 0.3) is 0 Å². The molecule has 1 saturated heterocycles. The van der Waals surface area contributed by atoms with Gasteiger partial charge in [-0.15, -0.1) is 0 Å². The fourth-order valence-electron chi connectivity index (χ4n) is 2.37. The average Bonchev–Trinajstić information content (AvgIpc) is 2.54. The fourth-order valence-corrected chi connectivity index (χ4v) is 3.25. The third-order valence-electron chi connectivity index (χ3n) is 3.03. The number of aromatic hydroxyl groups is 1. The number of phenols is 1. The van der Waals surface area contributed by atoms with Gasteiger partial charge in [0.15, 0.2) is 0 Å². The van der Waals surface area contributed by atoms with Crippen LogP contribution in [0.2, 0.25) is 0 Å². The van der Waals surface area contributed by atoms with Gasteiger partial charge >= 0.3 is 0 Å². The van der Waals surface area contributed by atoms with Crippen LogP contribution in [0.5, 0.6) is 5.75 Å². The van der Waals surface area contributed by atoms with Gasteiger partial charge in [0, 0.05) is 30.6 Å². The third-order valence-corrected chi connectivity index (χ3v) is 3.97. The van der Waals surface area contributed by atoms with Gasteiger partial charge in [-0.2, -0.15) is 0 Å². The van der Waals surface area contributed by atoms with Gasteiger partial charge in [-0.25, -0.2) is 13.6 Å². The second-order valence-electron chi connectivity index (χ2n) is 4.93. The monoisotopic (exact) mass is 284 g/mol.